The fourth-order valence-corrected chi connectivity index (χ4v) is 4.08. The van der Waals surface area contributed by atoms with Gasteiger partial charge >= 0.3 is 0 Å². The lowest BCUT2D eigenvalue weighted by molar-refractivity contribution is -0.535. The average molecular weight is 394 g/mol. The number of nitrogens with zero attached hydrogens (tertiary/aromatic N) is 4. The first-order chi connectivity index (χ1) is 14.2. The molecule has 2 N–H and O–H groups in total. The second kappa shape index (κ2) is 8.59. The third kappa shape index (κ3) is 4.23. The topological polar surface area (TPSA) is 74.8 Å². The Balaban J connectivity index is 1.48. The van der Waals surface area contributed by atoms with Crippen molar-refractivity contribution in [3.05, 3.63) is 47.6 Å². The van der Waals surface area contributed by atoms with Crippen LogP contribution in [0.5, 0.6) is 0 Å². The Morgan fingerprint density at radius 3 is 2.55 bits per heavy atom. The van der Waals surface area contributed by atoms with Gasteiger partial charge in [-0.25, -0.2) is 4.98 Å². The molecule has 1 aromatic carbocycles. The summed E-state index contributed by atoms with van der Waals surface area (Å²) in [6.07, 6.45) is 10.6. The van der Waals surface area contributed by atoms with Crippen LogP contribution in [0, 0.1) is 4.91 Å². The van der Waals surface area contributed by atoms with Gasteiger partial charge in [0.1, 0.15) is 5.65 Å². The SMILES string of the molecule is CCC(CC)n1ccc2cnc(Nc3ccc([N+](=O)NC4CCCC4)cc3)nc21. The lowest BCUT2D eigenvalue weighted by atomic mass is 10.2. The highest BCUT2D eigenvalue weighted by Gasteiger charge is 2.23. The summed E-state index contributed by atoms with van der Waals surface area (Å²) in [4.78, 5) is 22.3. The maximum absolute atomic E-state index is 12.3. The van der Waals surface area contributed by atoms with E-state index in [9.17, 15) is 4.91 Å². The second-order valence-corrected chi connectivity index (χ2v) is 7.74. The average Bonchev–Trinajstić information content (AvgIpc) is 3.40. The number of aromatic nitrogens is 3. The van der Waals surface area contributed by atoms with Crippen molar-refractivity contribution in [2.75, 3.05) is 5.32 Å². The molecule has 3 aromatic rings. The number of benzene rings is 1. The molecule has 1 saturated carbocycles. The Hall–Kier alpha value is -2.96. The van der Waals surface area contributed by atoms with Crippen molar-refractivity contribution in [2.45, 2.75) is 64.5 Å². The Morgan fingerprint density at radius 1 is 1.14 bits per heavy atom. The Bertz CT molecular complexity index is 971. The number of hydrogen-bond acceptors (Lipinski definition) is 4. The highest BCUT2D eigenvalue weighted by atomic mass is 16.3. The quantitative estimate of drug-likeness (QED) is 0.396. The van der Waals surface area contributed by atoms with Crippen molar-refractivity contribution >= 4 is 28.4 Å². The minimum absolute atomic E-state index is 0.289. The normalized spacial score (nSPS) is 14.6. The van der Waals surface area contributed by atoms with Gasteiger partial charge in [-0.05, 0) is 43.9 Å². The van der Waals surface area contributed by atoms with Crippen molar-refractivity contribution in [3.63, 3.8) is 0 Å². The first kappa shape index (κ1) is 19.4. The predicted molar refractivity (Wildman–Crippen MR) is 116 cm³/mol. The molecular weight excluding hydrogens is 364 g/mol. The summed E-state index contributed by atoms with van der Waals surface area (Å²) in [5, 5.41) is 4.29. The van der Waals surface area contributed by atoms with Gasteiger partial charge in [-0.3, -0.25) is 0 Å². The van der Waals surface area contributed by atoms with E-state index < -0.39 is 0 Å². The molecule has 152 valence electrons. The largest absolute Gasteiger partial charge is 0.329 e. The monoisotopic (exact) mass is 393 g/mol. The maximum Gasteiger partial charge on any atom is 0.292 e. The van der Waals surface area contributed by atoms with Crippen molar-refractivity contribution in [2.24, 2.45) is 0 Å². The number of rotatable bonds is 8. The van der Waals surface area contributed by atoms with Crippen molar-refractivity contribution < 1.29 is 4.87 Å². The summed E-state index contributed by atoms with van der Waals surface area (Å²) < 4.78 is 2.23. The highest BCUT2D eigenvalue weighted by Crippen LogP contribution is 2.25. The van der Waals surface area contributed by atoms with E-state index in [4.69, 9.17) is 4.98 Å². The first-order valence-corrected chi connectivity index (χ1v) is 10.6. The summed E-state index contributed by atoms with van der Waals surface area (Å²) >= 11 is 0. The van der Waals surface area contributed by atoms with E-state index in [0.717, 1.165) is 47.3 Å². The number of hydrogen-bond donors (Lipinski definition) is 2. The van der Waals surface area contributed by atoms with Gasteiger partial charge in [0.25, 0.3) is 5.69 Å². The van der Waals surface area contributed by atoms with Gasteiger partial charge in [0.2, 0.25) is 5.95 Å². The van der Waals surface area contributed by atoms with Gasteiger partial charge in [-0.2, -0.15) is 4.98 Å². The molecule has 7 nitrogen and oxygen atoms in total. The molecular formula is C22H29N6O+. The fraction of sp³-hybridized carbons (Fsp3) is 0.455. The van der Waals surface area contributed by atoms with Crippen molar-refractivity contribution in [3.8, 4) is 0 Å². The molecule has 2 heterocycles. The maximum atomic E-state index is 12.3. The zero-order chi connectivity index (χ0) is 20.2. The number of hydrazine groups is 1. The van der Waals surface area contributed by atoms with E-state index in [0.29, 0.717) is 17.7 Å². The van der Waals surface area contributed by atoms with Crippen LogP contribution < -0.4 is 10.7 Å². The standard InChI is InChI=1S/C22H29N6O/c1-3-19(4-2)27-14-13-16-15-23-22(25-21(16)27)24-17-9-11-20(12-10-17)28(29)26-18-7-5-6-8-18/h9-15,18-19H,3-8H2,1-2H3,(H,26,29)(H,23,24,25)/q+1. The number of nitrogens with one attached hydrogen (secondary N) is 2. The van der Waals surface area contributed by atoms with E-state index >= 15 is 0 Å². The van der Waals surface area contributed by atoms with Gasteiger partial charge in [-0.15, -0.1) is 5.43 Å². The van der Waals surface area contributed by atoms with Gasteiger partial charge < -0.3 is 9.88 Å². The minimum atomic E-state index is 0.289. The van der Waals surface area contributed by atoms with Crippen LogP contribution in [-0.2, 0) is 0 Å². The summed E-state index contributed by atoms with van der Waals surface area (Å²) in [5.41, 5.74) is 5.43. The molecule has 7 heteroatoms. The van der Waals surface area contributed by atoms with E-state index in [1.54, 1.807) is 0 Å². The molecule has 0 bridgehead atoms. The van der Waals surface area contributed by atoms with Gasteiger partial charge in [0.05, 0.1) is 10.9 Å². The molecule has 1 fully saturated rings. The first-order valence-electron chi connectivity index (χ1n) is 10.6. The van der Waals surface area contributed by atoms with Crippen LogP contribution in [-0.4, -0.2) is 25.4 Å². The molecule has 29 heavy (non-hydrogen) atoms. The zero-order valence-corrected chi connectivity index (χ0v) is 17.1. The van der Waals surface area contributed by atoms with E-state index in [-0.39, 0.29) is 6.04 Å². The molecule has 1 aliphatic carbocycles. The van der Waals surface area contributed by atoms with Crippen LogP contribution in [0.1, 0.15) is 58.4 Å². The van der Waals surface area contributed by atoms with E-state index in [1.807, 2.05) is 30.5 Å². The number of anilines is 2. The van der Waals surface area contributed by atoms with Crippen LogP contribution >= 0.6 is 0 Å². The molecule has 0 amide bonds. The van der Waals surface area contributed by atoms with Crippen LogP contribution in [0.4, 0.5) is 17.3 Å². The Morgan fingerprint density at radius 2 is 1.86 bits per heavy atom. The second-order valence-electron chi connectivity index (χ2n) is 7.74. The van der Waals surface area contributed by atoms with Gasteiger partial charge in [-0.1, -0.05) is 26.7 Å². The molecule has 2 aromatic heterocycles. The van der Waals surface area contributed by atoms with Crippen LogP contribution in [0.2, 0.25) is 0 Å². The van der Waals surface area contributed by atoms with Crippen molar-refractivity contribution in [1.82, 2.24) is 20.0 Å². The van der Waals surface area contributed by atoms with Gasteiger partial charge in [0.15, 0.2) is 4.87 Å². The third-order valence-corrected chi connectivity index (χ3v) is 5.80. The van der Waals surface area contributed by atoms with Crippen LogP contribution in [0.15, 0.2) is 42.7 Å². The minimum Gasteiger partial charge on any atom is -0.329 e. The van der Waals surface area contributed by atoms with Gasteiger partial charge in [0, 0.05) is 41.6 Å². The smallest absolute Gasteiger partial charge is 0.292 e. The molecule has 0 aliphatic heterocycles. The molecule has 0 unspecified atom stereocenters. The lowest BCUT2D eigenvalue weighted by Crippen LogP contribution is -2.32. The molecule has 0 spiro atoms. The molecule has 0 saturated heterocycles. The molecule has 0 atom stereocenters. The lowest BCUT2D eigenvalue weighted by Gasteiger charge is -2.15. The predicted octanol–water partition coefficient (Wildman–Crippen LogP) is 5.39. The Kier molecular flexibility index (Phi) is 5.74. The zero-order valence-electron chi connectivity index (χ0n) is 17.1. The molecule has 4 rings (SSSR count). The summed E-state index contributed by atoms with van der Waals surface area (Å²) in [5.74, 6) is 0.555. The van der Waals surface area contributed by atoms with Crippen LogP contribution in [0.25, 0.3) is 11.0 Å². The fourth-order valence-electron chi connectivity index (χ4n) is 4.08. The molecule has 0 radical (unpaired) electrons. The van der Waals surface area contributed by atoms with E-state index in [1.165, 1.54) is 12.8 Å². The summed E-state index contributed by atoms with van der Waals surface area (Å²) in [6, 6.07) is 10.2. The Labute approximate surface area is 171 Å². The third-order valence-electron chi connectivity index (χ3n) is 5.80. The molecule has 1 aliphatic rings. The van der Waals surface area contributed by atoms with Crippen molar-refractivity contribution in [1.29, 1.82) is 0 Å². The number of nitroso groups, excluding NO2 is 1. The van der Waals surface area contributed by atoms with E-state index in [2.05, 4.69) is 46.4 Å². The summed E-state index contributed by atoms with van der Waals surface area (Å²) in [6.45, 7) is 4.39. The highest BCUT2D eigenvalue weighted by molar-refractivity contribution is 5.77. The van der Waals surface area contributed by atoms with Crippen LogP contribution in [0.3, 0.4) is 0 Å². The number of fused-ring (bicyclic) bond motifs is 1. The summed E-state index contributed by atoms with van der Waals surface area (Å²) in [7, 11) is 0.